The van der Waals surface area contributed by atoms with Crippen molar-refractivity contribution in [3.63, 3.8) is 0 Å². The van der Waals surface area contributed by atoms with Gasteiger partial charge in [0.2, 0.25) is 12.2 Å². The third-order valence-electron chi connectivity index (χ3n) is 11.6. The maximum Gasteiger partial charge on any atom is 0.408 e. The van der Waals surface area contributed by atoms with Crippen molar-refractivity contribution in [3.8, 4) is 0 Å². The lowest BCUT2D eigenvalue weighted by atomic mass is 10.1. The fourth-order valence-electron chi connectivity index (χ4n) is 7.48. The molecule has 2 amide bonds. The summed E-state index contributed by atoms with van der Waals surface area (Å²) in [5, 5.41) is 5.34. The van der Waals surface area contributed by atoms with Gasteiger partial charge in [-0.2, -0.15) is 0 Å². The summed E-state index contributed by atoms with van der Waals surface area (Å²) in [5.41, 5.74) is 0. The fourth-order valence-corrected chi connectivity index (χ4v) is 7.48. The van der Waals surface area contributed by atoms with E-state index in [1.807, 2.05) is 28.2 Å². The number of esters is 2. The smallest absolute Gasteiger partial charge is 0.408 e. The van der Waals surface area contributed by atoms with E-state index in [1.54, 1.807) is 0 Å². The summed E-state index contributed by atoms with van der Waals surface area (Å²) in [6.45, 7) is 7.00. The lowest BCUT2D eigenvalue weighted by Gasteiger charge is -2.24. The molecular formula is C54H102N4O8. The molecule has 0 rings (SSSR count). The number of unbranched alkanes of at least 4 members (excludes halogenated alkanes) is 26. The van der Waals surface area contributed by atoms with Crippen LogP contribution in [0.25, 0.3) is 0 Å². The number of allylic oxidation sites excluding steroid dienone is 4. The number of nitrogens with zero attached hydrogens (tertiary/aromatic N) is 2. The molecule has 0 fully saturated rings. The summed E-state index contributed by atoms with van der Waals surface area (Å²) in [4.78, 5) is 57.5. The largest absolute Gasteiger partial charge is 0.463 e. The summed E-state index contributed by atoms with van der Waals surface area (Å²) < 4.78 is 22.3. The van der Waals surface area contributed by atoms with Gasteiger partial charge in [-0.25, -0.2) is 19.2 Å². The Morgan fingerprint density at radius 2 is 0.682 bits per heavy atom. The van der Waals surface area contributed by atoms with E-state index in [1.165, 1.54) is 89.9 Å². The lowest BCUT2D eigenvalue weighted by Crippen LogP contribution is -2.50. The lowest BCUT2D eigenvalue weighted by molar-refractivity contribution is -0.173. The van der Waals surface area contributed by atoms with Gasteiger partial charge < -0.3 is 39.4 Å². The third kappa shape index (κ3) is 43.5. The molecular weight excluding hydrogens is 833 g/mol. The first-order chi connectivity index (χ1) is 32.1. The highest BCUT2D eigenvalue weighted by molar-refractivity contribution is 5.89. The van der Waals surface area contributed by atoms with Gasteiger partial charge in [-0.05, 0) is 131 Å². The Hall–Kier alpha value is -3.12. The van der Waals surface area contributed by atoms with E-state index >= 15 is 0 Å². The van der Waals surface area contributed by atoms with Crippen molar-refractivity contribution in [2.45, 2.75) is 232 Å². The molecule has 0 saturated heterocycles. The van der Waals surface area contributed by atoms with Crippen LogP contribution in [0, 0.1) is 0 Å². The highest BCUT2D eigenvalue weighted by Gasteiger charge is 2.43. The van der Waals surface area contributed by atoms with Crippen molar-refractivity contribution < 1.29 is 38.1 Å². The average molecular weight is 935 g/mol. The van der Waals surface area contributed by atoms with Crippen molar-refractivity contribution in [1.29, 1.82) is 0 Å². The molecule has 12 nitrogen and oxygen atoms in total. The van der Waals surface area contributed by atoms with Gasteiger partial charge in [0.15, 0.2) is 0 Å². The molecule has 2 atom stereocenters. The van der Waals surface area contributed by atoms with Crippen LogP contribution in [0.1, 0.15) is 219 Å². The van der Waals surface area contributed by atoms with E-state index in [0.717, 1.165) is 103 Å². The van der Waals surface area contributed by atoms with Gasteiger partial charge in [0.05, 0.1) is 13.2 Å². The Labute approximate surface area is 404 Å². The second kappa shape index (κ2) is 48.3. The summed E-state index contributed by atoms with van der Waals surface area (Å²) >= 11 is 0. The molecule has 2 N–H and O–H groups in total. The highest BCUT2D eigenvalue weighted by atomic mass is 16.6. The zero-order chi connectivity index (χ0) is 48.6. The maximum atomic E-state index is 13.6. The molecule has 0 aromatic heterocycles. The first kappa shape index (κ1) is 62.9. The fraction of sp³-hybridized carbons (Fsp3) is 0.852. The van der Waals surface area contributed by atoms with Crippen LogP contribution in [0.2, 0.25) is 0 Å². The molecule has 0 bridgehead atoms. The summed E-state index contributed by atoms with van der Waals surface area (Å²) in [6, 6.07) is 0. The molecule has 0 radical (unpaired) electrons. The summed E-state index contributed by atoms with van der Waals surface area (Å²) in [6.07, 6.45) is 39.2. The Morgan fingerprint density at radius 1 is 0.394 bits per heavy atom. The predicted molar refractivity (Wildman–Crippen MR) is 273 cm³/mol. The summed E-state index contributed by atoms with van der Waals surface area (Å²) in [5.74, 6) is -1.91. The number of amides is 2. The minimum absolute atomic E-state index is 0.0847. The molecule has 66 heavy (non-hydrogen) atoms. The number of hydrogen-bond donors (Lipinski definition) is 2. The van der Waals surface area contributed by atoms with Crippen LogP contribution in [-0.4, -0.2) is 114 Å². The monoisotopic (exact) mass is 935 g/mol. The predicted octanol–water partition coefficient (Wildman–Crippen LogP) is 13.0. The van der Waals surface area contributed by atoms with Gasteiger partial charge in [0.1, 0.15) is 0 Å². The maximum absolute atomic E-state index is 13.6. The number of hydrogen-bond acceptors (Lipinski definition) is 10. The van der Waals surface area contributed by atoms with E-state index < -0.39 is 36.3 Å². The molecule has 12 heteroatoms. The van der Waals surface area contributed by atoms with Gasteiger partial charge in [0, 0.05) is 13.1 Å². The number of carbonyl (C=O) groups excluding carboxylic acids is 4. The second-order valence-corrected chi connectivity index (χ2v) is 18.7. The third-order valence-corrected chi connectivity index (χ3v) is 11.6. The van der Waals surface area contributed by atoms with Crippen LogP contribution < -0.4 is 10.6 Å². The molecule has 2 unspecified atom stereocenters. The number of ether oxygens (including phenoxy) is 4. The zero-order valence-corrected chi connectivity index (χ0v) is 43.5. The van der Waals surface area contributed by atoms with E-state index in [9.17, 15) is 19.2 Å². The molecule has 0 aliphatic heterocycles. The van der Waals surface area contributed by atoms with Crippen molar-refractivity contribution in [2.75, 3.05) is 67.6 Å². The molecule has 386 valence electrons. The second-order valence-electron chi connectivity index (χ2n) is 18.7. The number of alkyl carbamates (subject to hydrolysis) is 2. The van der Waals surface area contributed by atoms with E-state index in [2.05, 4.69) is 58.6 Å². The van der Waals surface area contributed by atoms with Crippen LogP contribution in [0.4, 0.5) is 9.59 Å². The minimum atomic E-state index is -1.84. The minimum Gasteiger partial charge on any atom is -0.463 e. The van der Waals surface area contributed by atoms with Gasteiger partial charge in [-0.1, -0.05) is 154 Å². The zero-order valence-electron chi connectivity index (χ0n) is 43.5. The molecule has 0 heterocycles. The van der Waals surface area contributed by atoms with Crippen LogP contribution >= 0.6 is 0 Å². The van der Waals surface area contributed by atoms with Crippen LogP contribution in [0.5, 0.6) is 0 Å². The standard InChI is InChI=1S/C54H102N4O8/c1-7-9-11-13-15-17-19-21-23-25-27-29-31-33-35-41-47-63-51(59)49(65-53(61)55-43-37-39-45-57(3)4)50(66-54(62)56-44-38-40-46-58(5)6)52(60)64-48-42-36-34-32-30-28-26-24-22-20-18-16-14-12-10-8-2/h21-24,49-50H,7-20,25-48H2,1-6H3,(H,55,61)(H,56,62)/b23-21-,24-22-. The molecule has 0 aromatic rings. The number of rotatable bonds is 47. The summed E-state index contributed by atoms with van der Waals surface area (Å²) in [7, 11) is 7.92. The normalized spacial score (nSPS) is 12.5. The average Bonchev–Trinajstić information content (AvgIpc) is 3.29. The Morgan fingerprint density at radius 3 is 0.985 bits per heavy atom. The quantitative estimate of drug-likeness (QED) is 0.0263. The molecule has 0 saturated carbocycles. The van der Waals surface area contributed by atoms with Gasteiger partial charge in [0.25, 0.3) is 0 Å². The van der Waals surface area contributed by atoms with Crippen molar-refractivity contribution >= 4 is 24.1 Å². The number of carbonyl (C=O) groups is 4. The molecule has 0 aliphatic rings. The van der Waals surface area contributed by atoms with Crippen LogP contribution in [-0.2, 0) is 28.5 Å². The van der Waals surface area contributed by atoms with E-state index in [-0.39, 0.29) is 13.2 Å². The van der Waals surface area contributed by atoms with E-state index in [0.29, 0.717) is 38.8 Å². The number of nitrogens with one attached hydrogen (secondary N) is 2. The molecule has 0 aromatic carbocycles. The highest BCUT2D eigenvalue weighted by Crippen LogP contribution is 2.15. The SMILES string of the molecule is CCCCCCCC/C=C\CCCCCCCCOC(=O)C(OC(=O)NCCCCN(C)C)C(OC(=O)NCCCCN(C)C)C(=O)OCCCCCCCC/C=C\CCCCCCCC. The Balaban J connectivity index is 5.20. The Kier molecular flexibility index (Phi) is 46.1. The molecule has 0 spiro atoms. The first-order valence-corrected chi connectivity index (χ1v) is 26.9. The van der Waals surface area contributed by atoms with Crippen molar-refractivity contribution in [3.05, 3.63) is 24.3 Å². The first-order valence-electron chi connectivity index (χ1n) is 26.9. The van der Waals surface area contributed by atoms with Crippen LogP contribution in [0.3, 0.4) is 0 Å². The van der Waals surface area contributed by atoms with Crippen LogP contribution in [0.15, 0.2) is 24.3 Å². The van der Waals surface area contributed by atoms with Gasteiger partial charge in [-0.3, -0.25) is 0 Å². The van der Waals surface area contributed by atoms with E-state index in [4.69, 9.17) is 18.9 Å². The molecule has 0 aliphatic carbocycles. The van der Waals surface area contributed by atoms with Crippen molar-refractivity contribution in [1.82, 2.24) is 20.4 Å². The van der Waals surface area contributed by atoms with Gasteiger partial charge in [-0.15, -0.1) is 0 Å². The topological polar surface area (TPSA) is 136 Å². The van der Waals surface area contributed by atoms with Crippen molar-refractivity contribution in [2.24, 2.45) is 0 Å². The Bertz CT molecular complexity index is 1110. The van der Waals surface area contributed by atoms with Gasteiger partial charge >= 0.3 is 24.1 Å².